The summed E-state index contributed by atoms with van der Waals surface area (Å²) in [5, 5.41) is 13.0. The molecule has 1 N–H and O–H groups in total. The van der Waals surface area contributed by atoms with Crippen molar-refractivity contribution in [2.24, 2.45) is 0 Å². The summed E-state index contributed by atoms with van der Waals surface area (Å²) in [7, 11) is 1.58. The number of benzene rings is 1. The van der Waals surface area contributed by atoms with Gasteiger partial charge in [0.05, 0.1) is 31.6 Å². The molecule has 2 aliphatic rings. The zero-order valence-electron chi connectivity index (χ0n) is 24.4. The number of likely N-dealkylation sites (tertiary alicyclic amines) is 1. The summed E-state index contributed by atoms with van der Waals surface area (Å²) >= 11 is 0. The molecular weight excluding hydrogens is 536 g/mol. The number of nitrogens with one attached hydrogen (secondary N) is 1. The maximum Gasteiger partial charge on any atom is 0.410 e. The number of nitrogens with zero attached hydrogens (tertiary/aromatic N) is 5. The summed E-state index contributed by atoms with van der Waals surface area (Å²) < 4.78 is 22.6. The van der Waals surface area contributed by atoms with Gasteiger partial charge in [-0.3, -0.25) is 0 Å². The molecule has 0 spiro atoms. The molecule has 1 amide bonds. The highest BCUT2D eigenvalue weighted by Crippen LogP contribution is 2.35. The number of carbonyl (C=O) groups excluding carboxylic acids is 1. The Hall–Kier alpha value is -4.43. The van der Waals surface area contributed by atoms with Crippen LogP contribution in [0.5, 0.6) is 11.6 Å². The maximum absolute atomic E-state index is 12.5. The van der Waals surface area contributed by atoms with Gasteiger partial charge in [-0.1, -0.05) is 0 Å². The Morgan fingerprint density at radius 1 is 1.10 bits per heavy atom. The van der Waals surface area contributed by atoms with E-state index in [0.29, 0.717) is 60.8 Å². The topological polar surface area (TPSA) is 132 Å². The van der Waals surface area contributed by atoms with Crippen molar-refractivity contribution in [3.05, 3.63) is 53.9 Å². The first-order chi connectivity index (χ1) is 20.2. The Labute approximate surface area is 245 Å². The number of pyridine rings is 1. The van der Waals surface area contributed by atoms with Crippen LogP contribution in [0.3, 0.4) is 0 Å². The molecule has 2 aliphatic heterocycles. The number of hydrogen-bond acceptors (Lipinski definition) is 10. The first kappa shape index (κ1) is 29.1. The minimum absolute atomic E-state index is 0.0417. The molecular formula is C31H36N6O5. The molecule has 1 aromatic carbocycles. The Morgan fingerprint density at radius 3 is 2.64 bits per heavy atom. The molecule has 0 aliphatic carbocycles. The average molecular weight is 573 g/mol. The van der Waals surface area contributed by atoms with Crippen molar-refractivity contribution in [1.29, 1.82) is 5.26 Å². The van der Waals surface area contributed by atoms with Crippen molar-refractivity contribution in [3.63, 3.8) is 0 Å². The third kappa shape index (κ3) is 7.06. The van der Waals surface area contributed by atoms with E-state index in [1.807, 2.05) is 45.0 Å². The molecule has 3 aromatic rings. The van der Waals surface area contributed by atoms with Crippen LogP contribution in [0.1, 0.15) is 57.1 Å². The predicted molar refractivity (Wildman–Crippen MR) is 156 cm³/mol. The van der Waals surface area contributed by atoms with Crippen LogP contribution < -0.4 is 14.8 Å². The Kier molecular flexibility index (Phi) is 8.73. The predicted octanol–water partition coefficient (Wildman–Crippen LogP) is 5.44. The summed E-state index contributed by atoms with van der Waals surface area (Å²) in [5.74, 6) is 2.24. The van der Waals surface area contributed by atoms with Crippen molar-refractivity contribution in [3.8, 4) is 29.0 Å². The number of aromatic nitrogens is 3. The number of hydrogen-bond donors (Lipinski definition) is 1. The first-order valence-electron chi connectivity index (χ1n) is 14.1. The quantitative estimate of drug-likeness (QED) is 0.390. The van der Waals surface area contributed by atoms with Crippen molar-refractivity contribution in [1.82, 2.24) is 19.9 Å². The Morgan fingerprint density at radius 2 is 1.90 bits per heavy atom. The number of ether oxygens (including phenoxy) is 4. The van der Waals surface area contributed by atoms with E-state index in [9.17, 15) is 10.1 Å². The summed E-state index contributed by atoms with van der Waals surface area (Å²) in [4.78, 5) is 27.7. The lowest BCUT2D eigenvalue weighted by Gasteiger charge is -2.24. The van der Waals surface area contributed by atoms with Crippen LogP contribution in [-0.4, -0.2) is 71.1 Å². The minimum Gasteiger partial charge on any atom is -0.489 e. The van der Waals surface area contributed by atoms with E-state index >= 15 is 0 Å². The molecule has 42 heavy (non-hydrogen) atoms. The largest absolute Gasteiger partial charge is 0.489 e. The summed E-state index contributed by atoms with van der Waals surface area (Å²) in [6.07, 6.45) is 3.60. The van der Waals surface area contributed by atoms with Crippen LogP contribution in [0.15, 0.2) is 42.7 Å². The van der Waals surface area contributed by atoms with Crippen LogP contribution in [0.4, 0.5) is 16.4 Å². The summed E-state index contributed by atoms with van der Waals surface area (Å²) in [5.41, 5.74) is 2.27. The van der Waals surface area contributed by atoms with Crippen molar-refractivity contribution in [2.75, 3.05) is 38.7 Å². The standard InChI is InChI=1S/C31H36N6O5/c1-31(2,3)42-30(38)37-12-9-21(18-37)24-6-8-27(36-29(24)39-4)35-28-16-25(33-19-34-28)20-5-7-26(22(15-20)17-32)41-23-10-13-40-14-11-23/h5-8,15-16,19,21,23H,9-14,18H2,1-4H3,(H,33,34,35,36). The highest BCUT2D eigenvalue weighted by molar-refractivity contribution is 5.69. The molecule has 220 valence electrons. The van der Waals surface area contributed by atoms with Gasteiger partial charge >= 0.3 is 6.09 Å². The maximum atomic E-state index is 12.5. The van der Waals surface area contributed by atoms with E-state index in [1.54, 1.807) is 24.1 Å². The molecule has 4 heterocycles. The minimum atomic E-state index is -0.539. The van der Waals surface area contributed by atoms with E-state index < -0.39 is 5.60 Å². The van der Waals surface area contributed by atoms with Gasteiger partial charge in [0.15, 0.2) is 0 Å². The molecule has 2 aromatic heterocycles. The Bertz CT molecular complexity index is 1460. The zero-order valence-corrected chi connectivity index (χ0v) is 24.4. The molecule has 0 bridgehead atoms. The fraction of sp³-hybridized carbons (Fsp3) is 0.452. The monoisotopic (exact) mass is 572 g/mol. The van der Waals surface area contributed by atoms with Crippen LogP contribution in [0, 0.1) is 11.3 Å². The van der Waals surface area contributed by atoms with E-state index in [1.165, 1.54) is 6.33 Å². The van der Waals surface area contributed by atoms with Crippen molar-refractivity contribution in [2.45, 2.75) is 57.7 Å². The molecule has 2 saturated heterocycles. The average Bonchev–Trinajstić information content (AvgIpc) is 3.48. The molecule has 1 atom stereocenters. The van der Waals surface area contributed by atoms with Gasteiger partial charge in [0.2, 0.25) is 5.88 Å². The number of carbonyl (C=O) groups is 1. The molecule has 0 radical (unpaired) electrons. The number of amides is 1. The number of anilines is 2. The van der Waals surface area contributed by atoms with Crippen LogP contribution in [-0.2, 0) is 9.47 Å². The van der Waals surface area contributed by atoms with Gasteiger partial charge in [0.25, 0.3) is 0 Å². The molecule has 11 heteroatoms. The SMILES string of the molecule is COc1nc(Nc2cc(-c3ccc(OC4CCOCC4)c(C#N)c3)ncn2)ccc1C1CCN(C(=O)OC(C)(C)C)C1. The normalized spacial score (nSPS) is 17.4. The van der Waals surface area contributed by atoms with Gasteiger partial charge in [-0.25, -0.2) is 14.8 Å². The van der Waals surface area contributed by atoms with E-state index in [-0.39, 0.29) is 18.1 Å². The smallest absolute Gasteiger partial charge is 0.410 e. The van der Waals surface area contributed by atoms with Crippen molar-refractivity contribution < 1.29 is 23.7 Å². The second-order valence-corrected chi connectivity index (χ2v) is 11.4. The van der Waals surface area contributed by atoms with E-state index in [4.69, 9.17) is 18.9 Å². The molecule has 0 saturated carbocycles. The third-order valence-corrected chi connectivity index (χ3v) is 7.14. The zero-order chi connectivity index (χ0) is 29.7. The second kappa shape index (κ2) is 12.6. The molecule has 5 rings (SSSR count). The number of rotatable bonds is 7. The lowest BCUT2D eigenvalue weighted by atomic mass is 9.99. The second-order valence-electron chi connectivity index (χ2n) is 11.4. The van der Waals surface area contributed by atoms with Gasteiger partial charge in [-0.2, -0.15) is 10.2 Å². The first-order valence-corrected chi connectivity index (χ1v) is 14.1. The van der Waals surface area contributed by atoms with Crippen LogP contribution in [0.2, 0.25) is 0 Å². The molecule has 1 unspecified atom stereocenters. The van der Waals surface area contributed by atoms with Crippen molar-refractivity contribution >= 4 is 17.7 Å². The Balaban J connectivity index is 1.28. The molecule has 2 fully saturated rings. The molecule has 11 nitrogen and oxygen atoms in total. The lowest BCUT2D eigenvalue weighted by Crippen LogP contribution is -2.35. The van der Waals surface area contributed by atoms with E-state index in [2.05, 4.69) is 26.3 Å². The van der Waals surface area contributed by atoms with Gasteiger partial charge in [-0.15, -0.1) is 0 Å². The summed E-state index contributed by atoms with van der Waals surface area (Å²) in [6.45, 7) is 8.07. The highest BCUT2D eigenvalue weighted by Gasteiger charge is 2.32. The number of methoxy groups -OCH3 is 1. The lowest BCUT2D eigenvalue weighted by molar-refractivity contribution is 0.0254. The highest BCUT2D eigenvalue weighted by atomic mass is 16.6. The fourth-order valence-electron chi connectivity index (χ4n) is 5.07. The van der Waals surface area contributed by atoms with Gasteiger partial charge in [0.1, 0.15) is 41.5 Å². The van der Waals surface area contributed by atoms with Crippen LogP contribution >= 0.6 is 0 Å². The van der Waals surface area contributed by atoms with Gasteiger partial charge in [0, 0.05) is 49.0 Å². The van der Waals surface area contributed by atoms with Crippen LogP contribution in [0.25, 0.3) is 11.3 Å². The fourth-order valence-corrected chi connectivity index (χ4v) is 5.07. The summed E-state index contributed by atoms with van der Waals surface area (Å²) in [6, 6.07) is 13.4. The van der Waals surface area contributed by atoms with Gasteiger partial charge in [-0.05, 0) is 57.5 Å². The third-order valence-electron chi connectivity index (χ3n) is 7.14. The van der Waals surface area contributed by atoms with E-state index in [0.717, 1.165) is 30.4 Å². The van der Waals surface area contributed by atoms with Gasteiger partial charge < -0.3 is 29.2 Å². The number of nitriles is 1.